The van der Waals surface area contributed by atoms with Crippen LogP contribution in [0.2, 0.25) is 0 Å². The molecule has 2 rings (SSSR count). The SMILES string of the molecule is CCOC(=O)CN(C(=O)n1cc[n+](C)c1)C1CC1.[I-]. The highest BCUT2D eigenvalue weighted by Crippen LogP contribution is 2.27. The number of carbonyl (C=O) groups excluding carboxylic acids is 2. The average molecular weight is 379 g/mol. The lowest BCUT2D eigenvalue weighted by Crippen LogP contribution is -3.00. The highest BCUT2D eigenvalue weighted by molar-refractivity contribution is 5.82. The molecule has 0 unspecified atom stereocenters. The molecule has 19 heavy (non-hydrogen) atoms. The molecule has 1 fully saturated rings. The Balaban J connectivity index is 0.00000180. The molecule has 7 heteroatoms. The molecule has 1 heterocycles. The Kier molecular flexibility index (Phi) is 5.77. The molecule has 0 spiro atoms. The smallest absolute Gasteiger partial charge is 0.416 e. The molecule has 106 valence electrons. The molecule has 6 nitrogen and oxygen atoms in total. The molecule has 1 aliphatic rings. The molecule has 1 aromatic rings. The van der Waals surface area contributed by atoms with E-state index in [0.29, 0.717) is 6.61 Å². The van der Waals surface area contributed by atoms with Crippen molar-refractivity contribution < 1.29 is 42.9 Å². The van der Waals surface area contributed by atoms with Crippen LogP contribution >= 0.6 is 0 Å². The lowest BCUT2D eigenvalue weighted by atomic mass is 10.5. The minimum Gasteiger partial charge on any atom is -1.00 e. The predicted molar refractivity (Wildman–Crippen MR) is 62.8 cm³/mol. The number of imidazole rings is 1. The number of hydrogen-bond acceptors (Lipinski definition) is 3. The number of aromatic nitrogens is 2. The van der Waals surface area contributed by atoms with E-state index in [-0.39, 0.29) is 48.6 Å². The van der Waals surface area contributed by atoms with Crippen LogP contribution in [-0.2, 0) is 16.6 Å². The number of amides is 1. The average Bonchev–Trinajstić information content (AvgIpc) is 3.08. The Morgan fingerprint density at radius 1 is 1.47 bits per heavy atom. The van der Waals surface area contributed by atoms with Gasteiger partial charge in [-0.05, 0) is 19.8 Å². The second-order valence-corrected chi connectivity index (χ2v) is 4.43. The topological polar surface area (TPSA) is 55.4 Å². The number of halogens is 1. The standard InChI is InChI=1S/C12H18N3O3.HI/c1-3-18-11(16)8-15(10-4-5-10)12(17)14-7-6-13(2)9-14;/h6-7,9-10H,3-5,8H2,1-2H3;1H/q+1;/p-1. The van der Waals surface area contributed by atoms with Crippen molar-refractivity contribution in [2.45, 2.75) is 25.8 Å². The van der Waals surface area contributed by atoms with Crippen molar-refractivity contribution in [1.29, 1.82) is 0 Å². The second kappa shape index (κ2) is 6.88. The molecule has 0 bridgehead atoms. The summed E-state index contributed by atoms with van der Waals surface area (Å²) in [5, 5.41) is 0. The minimum atomic E-state index is -0.353. The fourth-order valence-electron chi connectivity index (χ4n) is 1.80. The van der Waals surface area contributed by atoms with Gasteiger partial charge in [-0.2, -0.15) is 4.57 Å². The molecule has 0 saturated heterocycles. The van der Waals surface area contributed by atoms with E-state index in [1.165, 1.54) is 4.57 Å². The zero-order valence-electron chi connectivity index (χ0n) is 11.1. The fraction of sp³-hybridized carbons (Fsp3) is 0.583. The number of carbonyl (C=O) groups is 2. The zero-order chi connectivity index (χ0) is 13.1. The van der Waals surface area contributed by atoms with Crippen LogP contribution in [0.15, 0.2) is 18.7 Å². The van der Waals surface area contributed by atoms with Crippen molar-refractivity contribution in [3.8, 4) is 0 Å². The lowest BCUT2D eigenvalue weighted by Gasteiger charge is -2.18. The van der Waals surface area contributed by atoms with Crippen LogP contribution in [0.25, 0.3) is 0 Å². The molecule has 0 radical (unpaired) electrons. The van der Waals surface area contributed by atoms with Crippen LogP contribution in [0.3, 0.4) is 0 Å². The third kappa shape index (κ3) is 4.19. The third-order valence-electron chi connectivity index (χ3n) is 2.83. The molecule has 1 aliphatic carbocycles. The van der Waals surface area contributed by atoms with Gasteiger partial charge in [0.05, 0.1) is 13.7 Å². The summed E-state index contributed by atoms with van der Waals surface area (Å²) in [5.41, 5.74) is 0. The maximum Gasteiger partial charge on any atom is 0.416 e. The molecule has 1 amide bonds. The summed E-state index contributed by atoms with van der Waals surface area (Å²) in [6.45, 7) is 2.12. The van der Waals surface area contributed by atoms with Gasteiger partial charge in [0.2, 0.25) is 0 Å². The van der Waals surface area contributed by atoms with Crippen molar-refractivity contribution in [2.75, 3.05) is 13.2 Å². The van der Waals surface area contributed by atoms with Crippen molar-refractivity contribution in [3.63, 3.8) is 0 Å². The number of hydrogen-bond donors (Lipinski definition) is 0. The van der Waals surface area contributed by atoms with Gasteiger partial charge in [0, 0.05) is 6.04 Å². The van der Waals surface area contributed by atoms with Crippen molar-refractivity contribution in [3.05, 3.63) is 18.7 Å². The van der Waals surface area contributed by atoms with Crippen molar-refractivity contribution >= 4 is 12.0 Å². The highest BCUT2D eigenvalue weighted by Gasteiger charge is 2.37. The van der Waals surface area contributed by atoms with Gasteiger partial charge in [0.15, 0.2) is 0 Å². The first-order chi connectivity index (χ1) is 8.61. The van der Waals surface area contributed by atoms with Gasteiger partial charge in [0.1, 0.15) is 18.9 Å². The maximum absolute atomic E-state index is 12.2. The van der Waals surface area contributed by atoms with E-state index in [2.05, 4.69) is 0 Å². The summed E-state index contributed by atoms with van der Waals surface area (Å²) in [6.07, 6.45) is 7.07. The van der Waals surface area contributed by atoms with Crippen LogP contribution in [0.5, 0.6) is 0 Å². The summed E-state index contributed by atoms with van der Waals surface area (Å²) in [6, 6.07) is 0.000709. The minimum absolute atomic E-state index is 0. The molecular formula is C12H18IN3O3. The number of rotatable bonds is 4. The fourth-order valence-corrected chi connectivity index (χ4v) is 1.80. The summed E-state index contributed by atoms with van der Waals surface area (Å²) >= 11 is 0. The van der Waals surface area contributed by atoms with E-state index in [1.54, 1.807) is 35.1 Å². The van der Waals surface area contributed by atoms with Crippen molar-refractivity contribution in [1.82, 2.24) is 9.47 Å². The third-order valence-corrected chi connectivity index (χ3v) is 2.83. The zero-order valence-corrected chi connectivity index (χ0v) is 13.2. The van der Waals surface area contributed by atoms with Crippen LogP contribution in [0.4, 0.5) is 4.79 Å². The van der Waals surface area contributed by atoms with Gasteiger partial charge < -0.3 is 28.7 Å². The van der Waals surface area contributed by atoms with Crippen molar-refractivity contribution in [2.24, 2.45) is 7.05 Å². The van der Waals surface area contributed by atoms with E-state index in [9.17, 15) is 9.59 Å². The monoisotopic (exact) mass is 379 g/mol. The molecule has 0 atom stereocenters. The number of aryl methyl sites for hydroxylation is 1. The first kappa shape index (κ1) is 15.9. The number of nitrogens with zero attached hydrogens (tertiary/aromatic N) is 3. The normalized spacial score (nSPS) is 13.6. The van der Waals surface area contributed by atoms with Crippen LogP contribution in [0.1, 0.15) is 19.8 Å². The van der Waals surface area contributed by atoms with Gasteiger partial charge in [-0.1, -0.05) is 0 Å². The molecule has 1 aromatic heterocycles. The summed E-state index contributed by atoms with van der Waals surface area (Å²) < 4.78 is 8.16. The Morgan fingerprint density at radius 3 is 2.63 bits per heavy atom. The number of esters is 1. The maximum atomic E-state index is 12.2. The van der Waals surface area contributed by atoms with E-state index >= 15 is 0 Å². The summed E-state index contributed by atoms with van der Waals surface area (Å²) in [5.74, 6) is -0.353. The van der Waals surface area contributed by atoms with Gasteiger partial charge in [-0.15, -0.1) is 0 Å². The Hall–Kier alpha value is -1.12. The highest BCUT2D eigenvalue weighted by atomic mass is 127. The van der Waals surface area contributed by atoms with E-state index in [0.717, 1.165) is 12.8 Å². The van der Waals surface area contributed by atoms with Gasteiger partial charge >= 0.3 is 12.0 Å². The van der Waals surface area contributed by atoms with Crippen LogP contribution in [-0.4, -0.2) is 40.7 Å². The lowest BCUT2D eigenvalue weighted by molar-refractivity contribution is -0.670. The van der Waals surface area contributed by atoms with Gasteiger partial charge in [-0.3, -0.25) is 9.69 Å². The van der Waals surface area contributed by atoms with E-state index in [4.69, 9.17) is 4.74 Å². The predicted octanol–water partition coefficient (Wildman–Crippen LogP) is -2.69. The Bertz CT molecular complexity index is 457. The molecular weight excluding hydrogens is 361 g/mol. The summed E-state index contributed by atoms with van der Waals surface area (Å²) in [7, 11) is 1.84. The molecule has 0 aliphatic heterocycles. The molecule has 1 saturated carbocycles. The van der Waals surface area contributed by atoms with Crippen LogP contribution < -0.4 is 28.5 Å². The van der Waals surface area contributed by atoms with Gasteiger partial charge in [0.25, 0.3) is 6.33 Å². The van der Waals surface area contributed by atoms with Crippen LogP contribution in [0, 0.1) is 0 Å². The van der Waals surface area contributed by atoms with E-state index < -0.39 is 0 Å². The second-order valence-electron chi connectivity index (χ2n) is 4.43. The first-order valence-corrected chi connectivity index (χ1v) is 6.11. The number of ether oxygens (including phenoxy) is 1. The van der Waals surface area contributed by atoms with E-state index in [1.807, 2.05) is 7.05 Å². The Labute approximate surface area is 129 Å². The van der Waals surface area contributed by atoms with Gasteiger partial charge in [-0.25, -0.2) is 9.36 Å². The first-order valence-electron chi connectivity index (χ1n) is 6.11. The largest absolute Gasteiger partial charge is 1.00 e. The molecule has 0 aromatic carbocycles. The summed E-state index contributed by atoms with van der Waals surface area (Å²) in [4.78, 5) is 25.3. The quantitative estimate of drug-likeness (QED) is 0.326. The molecule has 0 N–H and O–H groups in total. The Morgan fingerprint density at radius 2 is 2.16 bits per heavy atom.